The number of carbonyl (C=O) groups is 1. The molecule has 20 heavy (non-hydrogen) atoms. The first-order valence-electron chi connectivity index (χ1n) is 6.99. The summed E-state index contributed by atoms with van der Waals surface area (Å²) in [6.45, 7) is 9.11. The van der Waals surface area contributed by atoms with Crippen molar-refractivity contribution in [3.05, 3.63) is 0 Å². The van der Waals surface area contributed by atoms with E-state index in [2.05, 4.69) is 5.32 Å². The normalized spacial score (nSPS) is 12.3. The maximum Gasteiger partial charge on any atom is 0.500 e. The minimum Gasteiger partial charge on any atom is -0.504 e. The predicted molar refractivity (Wildman–Crippen MR) is 83.3 cm³/mol. The standard InChI is InChI=1S/C12H29NO5Si2/c1-7-10-17-20(15-2,16-3)11-8-9-13-12(14)18-19(4,5)6/h7-11H2,1-6H3,(H,13,14). The largest absolute Gasteiger partial charge is 0.504 e. The molecule has 0 heterocycles. The monoisotopic (exact) mass is 323 g/mol. The van der Waals surface area contributed by atoms with Gasteiger partial charge in [-0.05, 0) is 32.5 Å². The van der Waals surface area contributed by atoms with E-state index in [0.717, 1.165) is 12.8 Å². The van der Waals surface area contributed by atoms with Crippen LogP contribution in [0.5, 0.6) is 0 Å². The first-order valence-corrected chi connectivity index (χ1v) is 12.3. The molecule has 0 aromatic rings. The molecule has 0 bridgehead atoms. The second-order valence-electron chi connectivity index (χ2n) is 5.47. The van der Waals surface area contributed by atoms with E-state index in [4.69, 9.17) is 17.7 Å². The fraction of sp³-hybridized carbons (Fsp3) is 0.917. The Balaban J connectivity index is 4.03. The van der Waals surface area contributed by atoms with Crippen molar-refractivity contribution >= 4 is 23.2 Å². The van der Waals surface area contributed by atoms with Gasteiger partial charge in [0.05, 0.1) is 0 Å². The molecule has 0 saturated heterocycles. The van der Waals surface area contributed by atoms with Gasteiger partial charge in [-0.15, -0.1) is 0 Å². The summed E-state index contributed by atoms with van der Waals surface area (Å²) in [6, 6.07) is 0.674. The molecule has 0 aliphatic heterocycles. The zero-order chi connectivity index (χ0) is 15.6. The fourth-order valence-electron chi connectivity index (χ4n) is 1.54. The zero-order valence-corrected chi connectivity index (χ0v) is 15.6. The van der Waals surface area contributed by atoms with Crippen molar-refractivity contribution in [2.24, 2.45) is 0 Å². The molecule has 1 amide bonds. The Bertz CT molecular complexity index is 280. The van der Waals surface area contributed by atoms with Gasteiger partial charge in [-0.25, -0.2) is 4.79 Å². The van der Waals surface area contributed by atoms with E-state index in [-0.39, 0.29) is 6.09 Å². The molecular weight excluding hydrogens is 294 g/mol. The van der Waals surface area contributed by atoms with Crippen molar-refractivity contribution in [3.8, 4) is 0 Å². The van der Waals surface area contributed by atoms with Crippen LogP contribution in [0.15, 0.2) is 0 Å². The lowest BCUT2D eigenvalue weighted by Gasteiger charge is -2.26. The van der Waals surface area contributed by atoms with E-state index in [1.807, 2.05) is 26.6 Å². The Morgan fingerprint density at radius 3 is 2.20 bits per heavy atom. The summed E-state index contributed by atoms with van der Waals surface area (Å²) >= 11 is 0. The summed E-state index contributed by atoms with van der Waals surface area (Å²) in [7, 11) is -1.17. The van der Waals surface area contributed by atoms with Crippen molar-refractivity contribution in [1.29, 1.82) is 0 Å². The summed E-state index contributed by atoms with van der Waals surface area (Å²) < 4.78 is 21.9. The molecule has 0 aliphatic rings. The smallest absolute Gasteiger partial charge is 0.500 e. The van der Waals surface area contributed by atoms with Crippen molar-refractivity contribution in [2.45, 2.75) is 45.5 Å². The van der Waals surface area contributed by atoms with Crippen LogP contribution in [0, 0.1) is 0 Å². The second-order valence-corrected chi connectivity index (χ2v) is 12.9. The Morgan fingerprint density at radius 1 is 1.15 bits per heavy atom. The highest BCUT2D eigenvalue weighted by Crippen LogP contribution is 2.16. The van der Waals surface area contributed by atoms with Gasteiger partial charge in [0.2, 0.25) is 8.32 Å². The van der Waals surface area contributed by atoms with Gasteiger partial charge in [0.15, 0.2) is 0 Å². The number of hydrogen-bond acceptors (Lipinski definition) is 5. The van der Waals surface area contributed by atoms with Gasteiger partial charge in [-0.1, -0.05) is 6.92 Å². The molecule has 0 radical (unpaired) electrons. The molecule has 6 nitrogen and oxygen atoms in total. The number of hydrogen-bond donors (Lipinski definition) is 1. The van der Waals surface area contributed by atoms with E-state index in [9.17, 15) is 4.79 Å². The molecule has 0 aromatic heterocycles. The first-order chi connectivity index (χ1) is 9.28. The summed E-state index contributed by atoms with van der Waals surface area (Å²) in [5, 5.41) is 2.75. The first kappa shape index (κ1) is 19.6. The van der Waals surface area contributed by atoms with E-state index in [0.29, 0.717) is 19.2 Å². The van der Waals surface area contributed by atoms with Crippen LogP contribution in [0.2, 0.25) is 25.7 Å². The molecule has 0 atom stereocenters. The lowest BCUT2D eigenvalue weighted by Crippen LogP contribution is -2.44. The number of amides is 1. The Morgan fingerprint density at radius 2 is 1.75 bits per heavy atom. The minimum atomic E-state index is -2.57. The third kappa shape index (κ3) is 8.69. The summed E-state index contributed by atoms with van der Waals surface area (Å²) in [5.74, 6) is 0. The third-order valence-electron chi connectivity index (χ3n) is 2.48. The van der Waals surface area contributed by atoms with Crippen LogP contribution in [0.25, 0.3) is 0 Å². The SMILES string of the molecule is CCCO[Si](CCCNC(=O)O[Si](C)(C)C)(OC)OC. The average molecular weight is 324 g/mol. The molecule has 0 aromatic carbocycles. The third-order valence-corrected chi connectivity index (χ3v) is 6.13. The molecule has 120 valence electrons. The van der Waals surface area contributed by atoms with Crippen LogP contribution >= 0.6 is 0 Å². The number of carbonyl (C=O) groups excluding carboxylic acids is 1. The number of nitrogens with one attached hydrogen (secondary N) is 1. The molecule has 0 rings (SSSR count). The molecule has 0 unspecified atom stereocenters. The zero-order valence-electron chi connectivity index (χ0n) is 13.6. The van der Waals surface area contributed by atoms with E-state index in [1.165, 1.54) is 0 Å². The van der Waals surface area contributed by atoms with Gasteiger partial charge in [0, 0.05) is 33.4 Å². The van der Waals surface area contributed by atoms with Crippen molar-refractivity contribution in [1.82, 2.24) is 5.32 Å². The van der Waals surface area contributed by atoms with Crippen LogP contribution in [0.3, 0.4) is 0 Å². The van der Waals surface area contributed by atoms with Crippen LogP contribution in [-0.4, -0.2) is 50.6 Å². The maximum absolute atomic E-state index is 11.5. The maximum atomic E-state index is 11.5. The lowest BCUT2D eigenvalue weighted by atomic mass is 10.5. The van der Waals surface area contributed by atoms with Crippen LogP contribution in [0.1, 0.15) is 19.8 Å². The van der Waals surface area contributed by atoms with Gasteiger partial charge >= 0.3 is 14.9 Å². The molecule has 0 saturated carbocycles. The van der Waals surface area contributed by atoms with E-state index < -0.39 is 17.1 Å². The lowest BCUT2D eigenvalue weighted by molar-refractivity contribution is 0.0977. The highest BCUT2D eigenvalue weighted by Gasteiger charge is 2.38. The Hall–Kier alpha value is -0.416. The molecule has 1 N–H and O–H groups in total. The summed E-state index contributed by atoms with van der Waals surface area (Å²) in [5.41, 5.74) is 0. The Kier molecular flexibility index (Phi) is 9.31. The molecule has 0 fully saturated rings. The quantitative estimate of drug-likeness (QED) is 0.494. The van der Waals surface area contributed by atoms with Crippen molar-refractivity contribution in [2.75, 3.05) is 27.4 Å². The van der Waals surface area contributed by atoms with Crippen molar-refractivity contribution < 1.29 is 22.5 Å². The highest BCUT2D eigenvalue weighted by molar-refractivity contribution is 6.71. The van der Waals surface area contributed by atoms with Crippen LogP contribution < -0.4 is 5.32 Å². The van der Waals surface area contributed by atoms with Gasteiger partial charge in [0.1, 0.15) is 0 Å². The van der Waals surface area contributed by atoms with E-state index >= 15 is 0 Å². The molecule has 8 heteroatoms. The topological polar surface area (TPSA) is 66.0 Å². The minimum absolute atomic E-state index is 0.347. The van der Waals surface area contributed by atoms with Crippen LogP contribution in [0.4, 0.5) is 4.79 Å². The van der Waals surface area contributed by atoms with Gasteiger partial charge in [0.25, 0.3) is 0 Å². The van der Waals surface area contributed by atoms with Crippen molar-refractivity contribution in [3.63, 3.8) is 0 Å². The average Bonchev–Trinajstić information content (AvgIpc) is 2.36. The molecule has 0 aliphatic carbocycles. The fourth-order valence-corrected chi connectivity index (χ4v) is 4.25. The van der Waals surface area contributed by atoms with Crippen LogP contribution in [-0.2, 0) is 17.7 Å². The molecule has 0 spiro atoms. The highest BCUT2D eigenvalue weighted by atomic mass is 28.4. The summed E-state index contributed by atoms with van der Waals surface area (Å²) in [6.07, 6.45) is 1.31. The number of rotatable bonds is 10. The predicted octanol–water partition coefficient (Wildman–Crippen LogP) is 2.60. The Labute approximate surface area is 124 Å². The second kappa shape index (κ2) is 9.51. The van der Waals surface area contributed by atoms with Gasteiger partial charge in [-0.3, -0.25) is 0 Å². The summed E-state index contributed by atoms with van der Waals surface area (Å²) in [4.78, 5) is 11.5. The van der Waals surface area contributed by atoms with E-state index in [1.54, 1.807) is 14.2 Å². The van der Waals surface area contributed by atoms with Gasteiger partial charge in [-0.2, -0.15) is 0 Å². The molecular formula is C12H29NO5Si2. The van der Waals surface area contributed by atoms with Gasteiger partial charge < -0.3 is 23.0 Å².